The van der Waals surface area contributed by atoms with Crippen molar-refractivity contribution in [3.05, 3.63) is 0 Å². The topological polar surface area (TPSA) is 81.8 Å². The van der Waals surface area contributed by atoms with E-state index in [1.54, 1.807) is 20.8 Å². The fourth-order valence-corrected chi connectivity index (χ4v) is 1.79. The predicted octanol–water partition coefficient (Wildman–Crippen LogP) is 2.25. The first-order valence-corrected chi connectivity index (χ1v) is 7.64. The zero-order valence-corrected chi connectivity index (χ0v) is 14.4. The van der Waals surface area contributed by atoms with E-state index >= 15 is 0 Å². The van der Waals surface area contributed by atoms with Gasteiger partial charge in [0.25, 0.3) is 0 Å². The van der Waals surface area contributed by atoms with Crippen molar-refractivity contribution in [1.29, 1.82) is 0 Å². The molecule has 0 heterocycles. The van der Waals surface area contributed by atoms with E-state index in [2.05, 4.69) is 20.8 Å². The van der Waals surface area contributed by atoms with Crippen LogP contribution < -0.4 is 5.73 Å². The molecule has 21 heavy (non-hydrogen) atoms. The third-order valence-corrected chi connectivity index (χ3v) is 2.60. The lowest BCUT2D eigenvalue weighted by atomic mass is 9.98. The normalized spacial score (nSPS) is 15.6. The lowest BCUT2D eigenvalue weighted by molar-refractivity contribution is -0.157. The van der Waals surface area contributed by atoms with Crippen LogP contribution in [0.25, 0.3) is 0 Å². The number of esters is 1. The molecule has 0 aliphatic rings. The van der Waals surface area contributed by atoms with Gasteiger partial charge >= 0.3 is 5.97 Å². The van der Waals surface area contributed by atoms with Crippen molar-refractivity contribution in [2.45, 2.75) is 78.6 Å². The summed E-state index contributed by atoms with van der Waals surface area (Å²) in [5.41, 5.74) is 5.10. The van der Waals surface area contributed by atoms with Crippen LogP contribution in [0.1, 0.15) is 60.8 Å². The molecule has 0 aromatic rings. The molecule has 0 aliphatic heterocycles. The molecular formula is C16H33NO4. The molecule has 5 heteroatoms. The van der Waals surface area contributed by atoms with Crippen LogP contribution in [0, 0.1) is 5.41 Å². The van der Waals surface area contributed by atoms with Crippen molar-refractivity contribution in [2.24, 2.45) is 11.1 Å². The molecule has 0 spiro atoms. The molecule has 0 saturated carbocycles. The number of aliphatic hydroxyl groups is 1. The number of nitrogens with two attached hydrogens (primary N) is 1. The molecule has 3 N–H and O–H groups in total. The van der Waals surface area contributed by atoms with E-state index < -0.39 is 17.7 Å². The van der Waals surface area contributed by atoms with Crippen molar-refractivity contribution in [2.75, 3.05) is 13.2 Å². The molecule has 0 aliphatic carbocycles. The van der Waals surface area contributed by atoms with Crippen LogP contribution in [-0.4, -0.2) is 42.0 Å². The second-order valence-electron chi connectivity index (χ2n) is 7.75. The largest absolute Gasteiger partial charge is 0.460 e. The van der Waals surface area contributed by atoms with Gasteiger partial charge in [-0.05, 0) is 39.2 Å². The molecule has 0 fully saturated rings. The molecular weight excluding hydrogens is 270 g/mol. The Hall–Kier alpha value is -0.650. The van der Waals surface area contributed by atoms with Gasteiger partial charge < -0.3 is 20.3 Å². The summed E-state index contributed by atoms with van der Waals surface area (Å²) in [6, 6.07) is 0. The summed E-state index contributed by atoms with van der Waals surface area (Å²) >= 11 is 0. The van der Waals surface area contributed by atoms with Gasteiger partial charge in [-0.2, -0.15) is 0 Å². The minimum atomic E-state index is -0.767. The number of ether oxygens (including phenoxy) is 2. The summed E-state index contributed by atoms with van der Waals surface area (Å²) in [6.45, 7) is 12.8. The number of rotatable bonds is 8. The molecule has 0 unspecified atom stereocenters. The summed E-state index contributed by atoms with van der Waals surface area (Å²) in [5.74, 6) is -0.391. The third-order valence-electron chi connectivity index (χ3n) is 2.60. The Balaban J connectivity index is 4.27. The van der Waals surface area contributed by atoms with E-state index in [4.69, 9.17) is 15.2 Å². The van der Waals surface area contributed by atoms with Crippen LogP contribution in [0.3, 0.4) is 0 Å². The van der Waals surface area contributed by atoms with E-state index in [0.717, 1.165) is 0 Å². The number of carbonyl (C=O) groups excluding carboxylic acids is 1. The minimum Gasteiger partial charge on any atom is -0.460 e. The Morgan fingerprint density at radius 1 is 1.19 bits per heavy atom. The predicted molar refractivity (Wildman–Crippen MR) is 84.0 cm³/mol. The van der Waals surface area contributed by atoms with Crippen molar-refractivity contribution < 1.29 is 19.4 Å². The van der Waals surface area contributed by atoms with Crippen LogP contribution in [0.15, 0.2) is 0 Å². The number of aliphatic hydroxyl groups excluding tert-OH is 1. The Morgan fingerprint density at radius 2 is 1.76 bits per heavy atom. The maximum Gasteiger partial charge on any atom is 0.308 e. The van der Waals surface area contributed by atoms with E-state index in [1.807, 2.05) is 0 Å². The van der Waals surface area contributed by atoms with Crippen LogP contribution in [0.2, 0.25) is 0 Å². The van der Waals surface area contributed by atoms with Gasteiger partial charge in [0.1, 0.15) is 5.60 Å². The molecule has 0 amide bonds. The number of carbonyl (C=O) groups is 1. The Morgan fingerprint density at radius 3 is 2.19 bits per heavy atom. The highest BCUT2D eigenvalue weighted by molar-refractivity contribution is 5.70. The van der Waals surface area contributed by atoms with Crippen LogP contribution in [0.5, 0.6) is 0 Å². The second-order valence-corrected chi connectivity index (χ2v) is 7.75. The van der Waals surface area contributed by atoms with Crippen molar-refractivity contribution in [3.63, 3.8) is 0 Å². The molecule has 0 rings (SSSR count). The first-order chi connectivity index (χ1) is 9.43. The summed E-state index contributed by atoms with van der Waals surface area (Å²) in [6.07, 6.45) is 0.147. The zero-order valence-electron chi connectivity index (χ0n) is 14.4. The van der Waals surface area contributed by atoms with Crippen LogP contribution in [0.4, 0.5) is 0 Å². The molecule has 2 atom stereocenters. The molecule has 5 nitrogen and oxygen atoms in total. The Bertz CT molecular complexity index is 304. The average Bonchev–Trinajstić information content (AvgIpc) is 2.21. The summed E-state index contributed by atoms with van der Waals surface area (Å²) in [7, 11) is 0. The molecule has 0 radical (unpaired) electrons. The van der Waals surface area contributed by atoms with Gasteiger partial charge in [0, 0.05) is 6.42 Å². The van der Waals surface area contributed by atoms with E-state index in [1.165, 1.54) is 0 Å². The third kappa shape index (κ3) is 12.8. The van der Waals surface area contributed by atoms with Crippen molar-refractivity contribution in [3.8, 4) is 0 Å². The Labute approximate surface area is 129 Å². The van der Waals surface area contributed by atoms with Crippen LogP contribution in [-0.2, 0) is 14.3 Å². The van der Waals surface area contributed by atoms with E-state index in [9.17, 15) is 9.90 Å². The quantitative estimate of drug-likeness (QED) is 0.672. The molecule has 0 bridgehead atoms. The molecule has 126 valence electrons. The monoisotopic (exact) mass is 303 g/mol. The summed E-state index contributed by atoms with van der Waals surface area (Å²) in [4.78, 5) is 11.7. The SMILES string of the molecule is CC(C)(C)CO[C@H](CCN)C[C@@H](O)CC(=O)OC(C)(C)C. The lowest BCUT2D eigenvalue weighted by Crippen LogP contribution is -2.30. The number of hydrogen-bond donors (Lipinski definition) is 2. The smallest absolute Gasteiger partial charge is 0.308 e. The zero-order chi connectivity index (χ0) is 16.7. The van der Waals surface area contributed by atoms with Gasteiger partial charge in [-0.15, -0.1) is 0 Å². The van der Waals surface area contributed by atoms with Gasteiger partial charge in [-0.1, -0.05) is 20.8 Å². The average molecular weight is 303 g/mol. The maximum atomic E-state index is 11.7. The van der Waals surface area contributed by atoms with Gasteiger partial charge in [-0.25, -0.2) is 0 Å². The first-order valence-electron chi connectivity index (χ1n) is 7.64. The fraction of sp³-hybridized carbons (Fsp3) is 0.938. The molecule has 0 aromatic carbocycles. The highest BCUT2D eigenvalue weighted by Gasteiger charge is 2.23. The highest BCUT2D eigenvalue weighted by Crippen LogP contribution is 2.18. The highest BCUT2D eigenvalue weighted by atomic mass is 16.6. The van der Waals surface area contributed by atoms with Gasteiger partial charge in [0.2, 0.25) is 0 Å². The summed E-state index contributed by atoms with van der Waals surface area (Å²) < 4.78 is 11.0. The van der Waals surface area contributed by atoms with Gasteiger partial charge in [0.05, 0.1) is 25.2 Å². The van der Waals surface area contributed by atoms with Crippen molar-refractivity contribution >= 4 is 5.97 Å². The lowest BCUT2D eigenvalue weighted by Gasteiger charge is -2.26. The standard InChI is InChI=1S/C16H33NO4/c1-15(2,3)11-20-13(7-8-17)9-12(18)10-14(19)21-16(4,5)6/h12-13,18H,7-11,17H2,1-6H3/t12-,13-/m1/s1. The van der Waals surface area contributed by atoms with Gasteiger partial charge in [-0.3, -0.25) is 4.79 Å². The van der Waals surface area contributed by atoms with E-state index in [0.29, 0.717) is 26.0 Å². The molecule has 0 aromatic heterocycles. The fourth-order valence-electron chi connectivity index (χ4n) is 1.79. The van der Waals surface area contributed by atoms with Gasteiger partial charge in [0.15, 0.2) is 0 Å². The Kier molecular flexibility index (Phi) is 8.44. The number of hydrogen-bond acceptors (Lipinski definition) is 5. The summed E-state index contributed by atoms with van der Waals surface area (Å²) in [5, 5.41) is 10.0. The minimum absolute atomic E-state index is 0.0166. The maximum absolute atomic E-state index is 11.7. The molecule has 0 saturated heterocycles. The first kappa shape index (κ1) is 20.3. The second kappa shape index (κ2) is 8.71. The van der Waals surface area contributed by atoms with E-state index in [-0.39, 0.29) is 17.9 Å². The van der Waals surface area contributed by atoms with Crippen molar-refractivity contribution in [1.82, 2.24) is 0 Å². The van der Waals surface area contributed by atoms with Crippen LogP contribution >= 0.6 is 0 Å².